The fourth-order valence-electron chi connectivity index (χ4n) is 3.41. The first-order valence-corrected chi connectivity index (χ1v) is 8.95. The summed E-state index contributed by atoms with van der Waals surface area (Å²) >= 11 is 0. The van der Waals surface area contributed by atoms with Gasteiger partial charge >= 0.3 is 0 Å². The molecule has 27 heavy (non-hydrogen) atoms. The van der Waals surface area contributed by atoms with Gasteiger partial charge in [0.25, 0.3) is 6.01 Å². The van der Waals surface area contributed by atoms with Gasteiger partial charge in [0, 0.05) is 32.6 Å². The van der Waals surface area contributed by atoms with Crippen LogP contribution in [0.25, 0.3) is 11.1 Å². The Balaban J connectivity index is 0.00000182. The highest BCUT2D eigenvalue weighted by atomic mass is 35.5. The van der Waals surface area contributed by atoms with Crippen LogP contribution < -0.4 is 10.6 Å². The molecule has 1 aromatic carbocycles. The highest BCUT2D eigenvalue weighted by molar-refractivity contribution is 5.85. The minimum atomic E-state index is -0.0523. The number of hydrogen-bond donors (Lipinski definition) is 1. The van der Waals surface area contributed by atoms with Crippen molar-refractivity contribution in [3.8, 4) is 0 Å². The van der Waals surface area contributed by atoms with Crippen LogP contribution in [0.4, 0.5) is 6.01 Å². The molecule has 0 radical (unpaired) electrons. The third kappa shape index (κ3) is 5.50. The number of rotatable bonds is 5. The number of halogens is 2. The summed E-state index contributed by atoms with van der Waals surface area (Å²) in [5, 5.41) is 0. The summed E-state index contributed by atoms with van der Waals surface area (Å²) in [7, 11) is 1.88. The molecular weight excluding hydrogens is 387 g/mol. The van der Waals surface area contributed by atoms with E-state index in [1.807, 2.05) is 36.2 Å². The molecule has 2 N–H and O–H groups in total. The van der Waals surface area contributed by atoms with Crippen molar-refractivity contribution in [2.75, 3.05) is 38.1 Å². The molecule has 0 bridgehead atoms. The molecule has 0 unspecified atom stereocenters. The van der Waals surface area contributed by atoms with Crippen LogP contribution in [0.1, 0.15) is 26.7 Å². The summed E-state index contributed by atoms with van der Waals surface area (Å²) in [5.74, 6) is 0.290. The number of amides is 1. The second-order valence-corrected chi connectivity index (χ2v) is 7.79. The Bertz CT molecular complexity index is 709. The molecule has 2 aromatic rings. The zero-order valence-corrected chi connectivity index (χ0v) is 17.8. The van der Waals surface area contributed by atoms with Gasteiger partial charge in [0.2, 0.25) is 5.91 Å². The lowest BCUT2D eigenvalue weighted by Gasteiger charge is -2.35. The number of oxazole rings is 1. The summed E-state index contributed by atoms with van der Waals surface area (Å²) < 4.78 is 5.84. The Kier molecular flexibility index (Phi) is 8.39. The molecule has 0 saturated carbocycles. The van der Waals surface area contributed by atoms with E-state index in [2.05, 4.69) is 23.7 Å². The van der Waals surface area contributed by atoms with Crippen LogP contribution in [-0.4, -0.2) is 49.0 Å². The second-order valence-electron chi connectivity index (χ2n) is 7.79. The molecule has 152 valence electrons. The van der Waals surface area contributed by atoms with Crippen molar-refractivity contribution in [3.05, 3.63) is 24.3 Å². The van der Waals surface area contributed by atoms with E-state index in [0.717, 1.165) is 37.0 Å². The molecule has 1 aliphatic heterocycles. The van der Waals surface area contributed by atoms with Gasteiger partial charge in [0.05, 0.1) is 0 Å². The predicted molar refractivity (Wildman–Crippen MR) is 114 cm³/mol. The zero-order valence-electron chi connectivity index (χ0n) is 16.2. The number of carbonyl (C=O) groups is 1. The second kappa shape index (κ2) is 9.62. The number of aromatic nitrogens is 1. The van der Waals surface area contributed by atoms with Gasteiger partial charge in [0.15, 0.2) is 5.58 Å². The van der Waals surface area contributed by atoms with E-state index in [9.17, 15) is 4.79 Å². The first-order chi connectivity index (χ1) is 11.9. The van der Waals surface area contributed by atoms with Gasteiger partial charge in [0.1, 0.15) is 5.52 Å². The highest BCUT2D eigenvalue weighted by Gasteiger charge is 2.30. The topological polar surface area (TPSA) is 75.6 Å². The van der Waals surface area contributed by atoms with Crippen molar-refractivity contribution in [2.45, 2.75) is 26.7 Å². The Labute approximate surface area is 173 Å². The van der Waals surface area contributed by atoms with Gasteiger partial charge in [-0.3, -0.25) is 4.79 Å². The highest BCUT2D eigenvalue weighted by Crippen LogP contribution is 2.27. The van der Waals surface area contributed by atoms with Crippen LogP contribution in [-0.2, 0) is 4.79 Å². The van der Waals surface area contributed by atoms with Crippen LogP contribution in [0.3, 0.4) is 0 Å². The minimum absolute atomic E-state index is 0. The summed E-state index contributed by atoms with van der Waals surface area (Å²) in [6.07, 6.45) is 1.65. The van der Waals surface area contributed by atoms with E-state index < -0.39 is 0 Å². The Hall–Kier alpha value is -1.50. The lowest BCUT2D eigenvalue weighted by atomic mass is 9.91. The van der Waals surface area contributed by atoms with Crippen molar-refractivity contribution in [2.24, 2.45) is 17.1 Å². The molecule has 2 heterocycles. The van der Waals surface area contributed by atoms with Crippen molar-refractivity contribution in [1.29, 1.82) is 0 Å². The predicted octanol–water partition coefficient (Wildman–Crippen LogP) is 3.33. The maximum atomic E-state index is 12.7. The number of benzene rings is 1. The van der Waals surface area contributed by atoms with Crippen LogP contribution in [0.15, 0.2) is 28.7 Å². The van der Waals surface area contributed by atoms with E-state index >= 15 is 0 Å². The smallest absolute Gasteiger partial charge is 0.298 e. The average molecular weight is 417 g/mol. The molecule has 1 aliphatic rings. The van der Waals surface area contributed by atoms with E-state index in [1.165, 1.54) is 0 Å². The number of nitrogens with two attached hydrogens (primary N) is 1. The Morgan fingerprint density at radius 2 is 1.93 bits per heavy atom. The monoisotopic (exact) mass is 416 g/mol. The minimum Gasteiger partial charge on any atom is -0.423 e. The summed E-state index contributed by atoms with van der Waals surface area (Å²) in [5.41, 5.74) is 7.41. The normalized spacial score (nSPS) is 15.2. The fraction of sp³-hybridized carbons (Fsp3) is 0.579. The molecule has 1 fully saturated rings. The summed E-state index contributed by atoms with van der Waals surface area (Å²) in [6, 6.07) is 8.44. The van der Waals surface area contributed by atoms with E-state index in [0.29, 0.717) is 19.1 Å². The van der Waals surface area contributed by atoms with Crippen molar-refractivity contribution < 1.29 is 9.21 Å². The van der Waals surface area contributed by atoms with Crippen molar-refractivity contribution in [1.82, 2.24) is 9.88 Å². The van der Waals surface area contributed by atoms with Crippen molar-refractivity contribution >= 4 is 47.8 Å². The lowest BCUT2D eigenvalue weighted by molar-refractivity contribution is -0.136. The number of nitrogens with zero attached hydrogens (tertiary/aromatic N) is 3. The van der Waals surface area contributed by atoms with Gasteiger partial charge in [-0.1, -0.05) is 26.0 Å². The maximum absolute atomic E-state index is 12.7. The van der Waals surface area contributed by atoms with Crippen LogP contribution in [0, 0.1) is 11.3 Å². The quantitative estimate of drug-likeness (QED) is 0.808. The molecule has 3 rings (SSSR count). The van der Waals surface area contributed by atoms with E-state index in [1.54, 1.807) is 0 Å². The van der Waals surface area contributed by atoms with Crippen LogP contribution >= 0.6 is 24.8 Å². The largest absolute Gasteiger partial charge is 0.423 e. The van der Waals surface area contributed by atoms with Gasteiger partial charge in [-0.05, 0) is 36.9 Å². The van der Waals surface area contributed by atoms with E-state index in [4.69, 9.17) is 10.2 Å². The number of hydrogen-bond acceptors (Lipinski definition) is 5. The number of para-hydroxylation sites is 2. The molecule has 8 heteroatoms. The van der Waals surface area contributed by atoms with E-state index in [-0.39, 0.29) is 42.1 Å². The summed E-state index contributed by atoms with van der Waals surface area (Å²) in [6.45, 7) is 7.02. The van der Waals surface area contributed by atoms with Crippen molar-refractivity contribution in [3.63, 3.8) is 0 Å². The molecule has 0 aliphatic carbocycles. The zero-order chi connectivity index (χ0) is 18.0. The number of fused-ring (bicyclic) bond motifs is 1. The SMILES string of the molecule is CN(CC(C)(C)CN)C(=O)C1CCN(c2nc3ccccc3o2)CC1.Cl.Cl. The summed E-state index contributed by atoms with van der Waals surface area (Å²) in [4.78, 5) is 21.2. The number of piperidine rings is 1. The fourth-order valence-corrected chi connectivity index (χ4v) is 3.41. The Morgan fingerprint density at radius 3 is 2.52 bits per heavy atom. The molecule has 1 saturated heterocycles. The lowest BCUT2D eigenvalue weighted by Crippen LogP contribution is -2.45. The molecule has 1 aromatic heterocycles. The van der Waals surface area contributed by atoms with Gasteiger partial charge in [-0.15, -0.1) is 24.8 Å². The Morgan fingerprint density at radius 1 is 1.30 bits per heavy atom. The molecule has 0 atom stereocenters. The first kappa shape index (κ1) is 23.5. The molecule has 1 amide bonds. The van der Waals surface area contributed by atoms with Crippen LogP contribution in [0.5, 0.6) is 0 Å². The maximum Gasteiger partial charge on any atom is 0.298 e. The van der Waals surface area contributed by atoms with Gasteiger partial charge in [-0.25, -0.2) is 0 Å². The number of anilines is 1. The third-order valence-electron chi connectivity index (χ3n) is 4.99. The molecule has 6 nitrogen and oxygen atoms in total. The third-order valence-corrected chi connectivity index (χ3v) is 4.99. The average Bonchev–Trinajstić information content (AvgIpc) is 3.05. The van der Waals surface area contributed by atoms with Gasteiger partial charge in [-0.2, -0.15) is 4.98 Å². The van der Waals surface area contributed by atoms with Gasteiger partial charge < -0.3 is 20.0 Å². The number of carbonyl (C=O) groups excluding carboxylic acids is 1. The standard InChI is InChI=1S/C19H28N4O2.2ClH/c1-19(2,12-20)13-22(3)17(24)14-8-10-23(11-9-14)18-21-15-6-4-5-7-16(15)25-18;;/h4-7,14H,8-13,20H2,1-3H3;2*1H. The molecular formula is C19H30Cl2N4O2. The van der Waals surface area contributed by atoms with Crippen LogP contribution in [0.2, 0.25) is 0 Å². The first-order valence-electron chi connectivity index (χ1n) is 8.95. The molecule has 0 spiro atoms.